The van der Waals surface area contributed by atoms with Gasteiger partial charge in [-0.05, 0) is 0 Å². The molecule has 0 aromatic heterocycles. The first-order valence-electron chi connectivity index (χ1n) is 31.3. The van der Waals surface area contributed by atoms with Crippen LogP contribution in [0.4, 0.5) is 34.1 Å². The molecule has 3 aliphatic rings. The second-order valence-corrected chi connectivity index (χ2v) is 67.5. The summed E-state index contributed by atoms with van der Waals surface area (Å²) in [4.78, 5) is 0. The zero-order valence-electron chi connectivity index (χ0n) is 57.4. The summed E-state index contributed by atoms with van der Waals surface area (Å²) >= 11 is -4.50. The molecule has 46 heteroatoms. The van der Waals surface area contributed by atoms with Gasteiger partial charge in [-0.15, -0.1) is 0 Å². The Morgan fingerprint density at radius 3 is 1.14 bits per heavy atom. The summed E-state index contributed by atoms with van der Waals surface area (Å²) < 4.78 is 219. The molecule has 6 aromatic rings. The molecule has 106 heavy (non-hydrogen) atoms. The number of para-hydroxylation sites is 2. The van der Waals surface area contributed by atoms with Crippen LogP contribution >= 0.6 is 52.1 Å². The van der Waals surface area contributed by atoms with Gasteiger partial charge in [0.1, 0.15) is 0 Å². The maximum absolute atomic E-state index is 10.9. The first-order chi connectivity index (χ1) is 49.5. The van der Waals surface area contributed by atoms with Gasteiger partial charge in [-0.25, -0.2) is 25.3 Å². The second kappa shape index (κ2) is 50.0. The van der Waals surface area contributed by atoms with Crippen LogP contribution in [0.3, 0.4) is 0 Å². The van der Waals surface area contributed by atoms with Gasteiger partial charge in [-0.1, -0.05) is 0 Å². The average molecular weight is 1960 g/mol. The van der Waals surface area contributed by atoms with E-state index >= 15 is 0 Å². The van der Waals surface area contributed by atoms with Crippen LogP contribution in [0, 0.1) is 0 Å². The first kappa shape index (κ1) is 97.9. The van der Waals surface area contributed by atoms with Crippen molar-refractivity contribution in [2.75, 3.05) is 105 Å². The SMILES string of the molecule is CS(=O)(=O)[O-].CS(=O)(=O)[O-].CS(=O)(=O)[O-].O=S(=O)([O-])CC1C[As]1c1ccc(Nc2ccccc2)cc1.O=S(=O)([O-])CCS[As](SCCSOO[O-])c1ccc(NC2CCCCC2)cc1.O=S(=O)([O-])CNc1ccc([As]2CC2CS(=O)(=O)[O-])cc1.[NH3+]CCS[As](SCC[NH3+])c1ccc(Nc2ccccc2)cc1. The van der Waals surface area contributed by atoms with Crippen LogP contribution in [-0.2, 0) is 80.2 Å². The molecular formula is C60H84As4N6O24S12-6. The molecular weight excluding hydrogens is 1870 g/mol. The third-order valence-corrected chi connectivity index (χ3v) is 55.9. The predicted octanol–water partition coefficient (Wildman–Crippen LogP) is 1.86. The summed E-state index contributed by atoms with van der Waals surface area (Å²) in [7, 11) is -20.9. The molecule has 5 atom stereocenters. The van der Waals surface area contributed by atoms with Crippen molar-refractivity contribution in [3.05, 3.63) is 158 Å². The van der Waals surface area contributed by atoms with Crippen LogP contribution in [0.2, 0.25) is 19.8 Å². The topological polar surface area (TPSA) is 545 Å². The Hall–Kier alpha value is -2.33. The first-order valence-corrected chi connectivity index (χ1v) is 65.5. The summed E-state index contributed by atoms with van der Waals surface area (Å²) in [5.41, 5.74) is 13.9. The van der Waals surface area contributed by atoms with Crippen LogP contribution < -0.4 is 55.4 Å². The number of quaternary nitrogens is 2. The molecule has 0 bridgehead atoms. The van der Waals surface area contributed by atoms with Crippen LogP contribution in [0.15, 0.2) is 158 Å². The van der Waals surface area contributed by atoms with Gasteiger partial charge in [-0.3, -0.25) is 0 Å². The zero-order valence-corrected chi connectivity index (χ0v) is 74.7. The molecule has 3 fully saturated rings. The summed E-state index contributed by atoms with van der Waals surface area (Å²) in [6, 6.07) is 53.1. The fraction of sp³-hybridized carbons (Fsp3) is 0.400. The van der Waals surface area contributed by atoms with Crippen molar-refractivity contribution in [2.45, 2.75) is 58.0 Å². The van der Waals surface area contributed by atoms with Crippen LogP contribution in [0.5, 0.6) is 0 Å². The summed E-state index contributed by atoms with van der Waals surface area (Å²) in [6.45, 7) is 2.02. The van der Waals surface area contributed by atoms with Crippen LogP contribution in [-0.4, -0.2) is 235 Å². The van der Waals surface area contributed by atoms with Gasteiger partial charge >= 0.3 is 578 Å². The predicted molar refractivity (Wildman–Crippen MR) is 423 cm³/mol. The third-order valence-electron chi connectivity index (χ3n) is 13.0. The molecule has 0 spiro atoms. The molecule has 596 valence electrons. The maximum atomic E-state index is 10.9. The van der Waals surface area contributed by atoms with Crippen molar-refractivity contribution in [1.29, 1.82) is 0 Å². The Morgan fingerprint density at radius 1 is 0.434 bits per heavy atom. The van der Waals surface area contributed by atoms with E-state index in [1.807, 2.05) is 60.7 Å². The van der Waals surface area contributed by atoms with Gasteiger partial charge in [0.25, 0.3) is 0 Å². The monoisotopic (exact) mass is 1960 g/mol. The summed E-state index contributed by atoms with van der Waals surface area (Å²) in [5.74, 6) is 2.44. The van der Waals surface area contributed by atoms with Crippen molar-refractivity contribution in [3.8, 4) is 0 Å². The van der Waals surface area contributed by atoms with Crippen molar-refractivity contribution >= 4 is 228 Å². The number of rotatable bonds is 33. The molecule has 9 rings (SSSR count). The number of hydrogen-bond donors (Lipinski definition) is 6. The van der Waals surface area contributed by atoms with E-state index in [0.717, 1.165) is 85.6 Å². The van der Waals surface area contributed by atoms with E-state index in [0.29, 0.717) is 42.0 Å². The van der Waals surface area contributed by atoms with Gasteiger partial charge < -0.3 is 13.7 Å². The van der Waals surface area contributed by atoms with E-state index in [1.165, 1.54) is 45.2 Å². The van der Waals surface area contributed by atoms with E-state index in [1.54, 1.807) is 44.3 Å². The molecule has 0 amide bonds. The number of anilines is 6. The molecule has 30 nitrogen and oxygen atoms in total. The number of benzene rings is 6. The van der Waals surface area contributed by atoms with Crippen LogP contribution in [0.1, 0.15) is 32.1 Å². The molecule has 5 unspecified atom stereocenters. The molecule has 10 N–H and O–H groups in total. The van der Waals surface area contributed by atoms with Gasteiger partial charge in [0.15, 0.2) is 0 Å². The average Bonchev–Trinajstić information content (AvgIpc) is 1.66. The fourth-order valence-corrected chi connectivity index (χ4v) is 52.6. The Bertz CT molecular complexity index is 4240. The molecule has 1 saturated carbocycles. The Balaban J connectivity index is 0.000000345. The third kappa shape index (κ3) is 52.8. The molecule has 6 aromatic carbocycles. The van der Waals surface area contributed by atoms with Crippen molar-refractivity contribution in [3.63, 3.8) is 0 Å². The van der Waals surface area contributed by atoms with Gasteiger partial charge in [0.2, 0.25) is 0 Å². The minimum absolute atomic E-state index is 0.00540. The molecule has 0 radical (unpaired) electrons. The zero-order chi connectivity index (χ0) is 79.2. The van der Waals surface area contributed by atoms with E-state index in [-0.39, 0.29) is 26.7 Å². The van der Waals surface area contributed by atoms with E-state index in [4.69, 9.17) is 38.9 Å². The Morgan fingerprint density at radius 2 is 0.783 bits per heavy atom. The summed E-state index contributed by atoms with van der Waals surface area (Å²) in [5, 5.41) is 27.7. The molecule has 2 saturated heterocycles. The van der Waals surface area contributed by atoms with Crippen molar-refractivity contribution < 1.29 is 117 Å². The second-order valence-electron chi connectivity index (χ2n) is 22.5. The summed E-state index contributed by atoms with van der Waals surface area (Å²) in [6.07, 6.45) is 8.11. The molecule has 2 heterocycles. The van der Waals surface area contributed by atoms with E-state index in [9.17, 15) is 57.1 Å². The van der Waals surface area contributed by atoms with Gasteiger partial charge in [0, 0.05) is 18.8 Å². The Labute approximate surface area is 658 Å². The van der Waals surface area contributed by atoms with E-state index < -0.39 is 131 Å². The van der Waals surface area contributed by atoms with Gasteiger partial charge in [-0.2, -0.15) is 0 Å². The number of nitrogens with one attached hydrogen (secondary N) is 4. The van der Waals surface area contributed by atoms with Gasteiger partial charge in [0.05, 0.1) is 30.4 Å². The standard InChI is InChI=1S/C16H22AsN3S2.C16H26AsNO6S4.C15H16AsNO3S.C10H14AsNO6S2.3CH4O3S/c18-10-12-21-17(22-13-11-19)14-6-8-16(9-7-14)20-15-4-2-1-3-5-15;19-23-24-27-11-10-25-17(26-12-13-28(20,21)22)14-6-8-16(9-7-14)18-15-4-2-1-3-5-15;18-21(19,20)11-13-10-16(13)12-6-8-15(9-7-12)17-14-4-2-1-3-5-14;13-19(14,15)6-9-5-11(9)8-1-3-10(4-2-8)12-7-20(16,17)18;3*1-5(2,3)4/h1-9,20H,10-13,18-19H2;6-9,15,18-19H,1-5,10-13H2,(H,20,21,22);1-9,13,17H,10-11H2,(H,18,19,20);1-4,9,12H,5-7H2,(H,13,14,15)(H,16,17,18);3*1H3,(H,2,3,4)/p-6. The van der Waals surface area contributed by atoms with Crippen LogP contribution in [0.25, 0.3) is 0 Å². The quantitative estimate of drug-likeness (QED) is 0.00855. The van der Waals surface area contributed by atoms with Crippen molar-refractivity contribution in [2.24, 2.45) is 0 Å². The molecule has 1 aliphatic carbocycles. The van der Waals surface area contributed by atoms with Crippen molar-refractivity contribution in [1.82, 2.24) is 0 Å². The van der Waals surface area contributed by atoms with E-state index in [2.05, 4.69) is 135 Å². The normalized spacial score (nSPS) is 16.7. The fourth-order valence-electron chi connectivity index (χ4n) is 8.73. The molecule has 2 aliphatic heterocycles. The number of hydrogen-bond acceptors (Lipinski definition) is 33. The Kier molecular flexibility index (Phi) is 46.2. The minimum atomic E-state index is -4.32.